The summed E-state index contributed by atoms with van der Waals surface area (Å²) in [6, 6.07) is 0. The van der Waals surface area contributed by atoms with Crippen molar-refractivity contribution < 1.29 is 24.5 Å². The molecule has 0 unspecified atom stereocenters. The van der Waals surface area contributed by atoms with Crippen LogP contribution in [-0.2, 0) is 14.3 Å². The SMILES string of the molecule is O=C(O)CCCCCCCCCCCCCCCCCOC(=O)CO. The van der Waals surface area contributed by atoms with Gasteiger partial charge in [-0.15, -0.1) is 0 Å². The molecule has 25 heavy (non-hydrogen) atoms. The maximum Gasteiger partial charge on any atom is 0.331 e. The molecule has 0 amide bonds. The molecule has 5 heteroatoms. The molecular formula is C20H38O5. The summed E-state index contributed by atoms with van der Waals surface area (Å²) in [5.74, 6) is -1.21. The molecule has 0 rings (SSSR count). The highest BCUT2D eigenvalue weighted by molar-refractivity contribution is 5.70. The van der Waals surface area contributed by atoms with Crippen LogP contribution in [0, 0.1) is 0 Å². The topological polar surface area (TPSA) is 83.8 Å². The minimum atomic E-state index is -0.677. The van der Waals surface area contributed by atoms with Crippen LogP contribution in [0.15, 0.2) is 0 Å². The lowest BCUT2D eigenvalue weighted by molar-refractivity contribution is -0.147. The number of unbranched alkanes of at least 4 members (excludes halogenated alkanes) is 14. The summed E-state index contributed by atoms with van der Waals surface area (Å²) in [5, 5.41) is 17.0. The number of esters is 1. The third-order valence-corrected chi connectivity index (χ3v) is 4.43. The van der Waals surface area contributed by atoms with Crippen LogP contribution in [0.25, 0.3) is 0 Å². The van der Waals surface area contributed by atoms with E-state index in [1.807, 2.05) is 0 Å². The van der Waals surface area contributed by atoms with E-state index in [0.29, 0.717) is 13.0 Å². The Balaban J connectivity index is 3.03. The van der Waals surface area contributed by atoms with Gasteiger partial charge in [-0.25, -0.2) is 4.79 Å². The second-order valence-electron chi connectivity index (χ2n) is 6.83. The molecule has 0 aromatic rings. The lowest BCUT2D eigenvalue weighted by Crippen LogP contribution is -2.09. The molecule has 0 aromatic heterocycles. The van der Waals surface area contributed by atoms with Crippen LogP contribution < -0.4 is 0 Å². The number of hydrogen-bond donors (Lipinski definition) is 2. The maximum atomic E-state index is 10.7. The second-order valence-corrected chi connectivity index (χ2v) is 6.83. The predicted molar refractivity (Wildman–Crippen MR) is 99.6 cm³/mol. The van der Waals surface area contributed by atoms with Crippen LogP contribution in [0.3, 0.4) is 0 Å². The summed E-state index contributed by atoms with van der Waals surface area (Å²) in [7, 11) is 0. The van der Waals surface area contributed by atoms with Gasteiger partial charge in [0.15, 0.2) is 0 Å². The van der Waals surface area contributed by atoms with Crippen molar-refractivity contribution in [2.24, 2.45) is 0 Å². The van der Waals surface area contributed by atoms with E-state index in [4.69, 9.17) is 14.9 Å². The van der Waals surface area contributed by atoms with Crippen LogP contribution in [-0.4, -0.2) is 35.4 Å². The zero-order valence-corrected chi connectivity index (χ0v) is 15.8. The maximum absolute atomic E-state index is 10.7. The first-order chi connectivity index (χ1) is 12.2. The fraction of sp³-hybridized carbons (Fsp3) is 0.900. The molecule has 0 aromatic carbocycles. The summed E-state index contributed by atoms with van der Waals surface area (Å²) in [5.41, 5.74) is 0. The minimum Gasteiger partial charge on any atom is -0.481 e. The molecule has 148 valence electrons. The van der Waals surface area contributed by atoms with Gasteiger partial charge >= 0.3 is 11.9 Å². The number of carboxylic acid groups (broad SMARTS) is 1. The molecule has 0 heterocycles. The number of hydrogen-bond acceptors (Lipinski definition) is 4. The van der Waals surface area contributed by atoms with Crippen molar-refractivity contribution in [3.8, 4) is 0 Å². The highest BCUT2D eigenvalue weighted by Crippen LogP contribution is 2.13. The normalized spacial score (nSPS) is 10.8. The number of aliphatic carboxylic acids is 1. The molecule has 0 saturated carbocycles. The summed E-state index contributed by atoms with van der Waals surface area (Å²) in [4.78, 5) is 21.1. The summed E-state index contributed by atoms with van der Waals surface area (Å²) in [6.07, 6.45) is 18.2. The lowest BCUT2D eigenvalue weighted by atomic mass is 10.0. The zero-order chi connectivity index (χ0) is 18.6. The van der Waals surface area contributed by atoms with Crippen molar-refractivity contribution >= 4 is 11.9 Å². The minimum absolute atomic E-state index is 0.317. The molecule has 0 fully saturated rings. The van der Waals surface area contributed by atoms with E-state index in [-0.39, 0.29) is 0 Å². The number of carboxylic acids is 1. The Kier molecular flexibility index (Phi) is 18.4. The molecule has 2 N–H and O–H groups in total. The summed E-state index contributed by atoms with van der Waals surface area (Å²) in [6.45, 7) is -0.0915. The third kappa shape index (κ3) is 20.9. The van der Waals surface area contributed by atoms with Gasteiger partial charge in [-0.2, -0.15) is 0 Å². The van der Waals surface area contributed by atoms with E-state index >= 15 is 0 Å². The van der Waals surface area contributed by atoms with Crippen LogP contribution in [0.1, 0.15) is 103 Å². The Morgan fingerprint density at radius 3 is 1.32 bits per heavy atom. The molecule has 0 bridgehead atoms. The molecule has 0 saturated heterocycles. The number of aliphatic hydroxyl groups is 1. The molecule has 0 aliphatic heterocycles. The van der Waals surface area contributed by atoms with Crippen LogP contribution in [0.4, 0.5) is 0 Å². The number of ether oxygens (including phenoxy) is 1. The Morgan fingerprint density at radius 2 is 0.960 bits per heavy atom. The molecule has 0 spiro atoms. The van der Waals surface area contributed by atoms with Crippen LogP contribution in [0.2, 0.25) is 0 Å². The van der Waals surface area contributed by atoms with E-state index in [0.717, 1.165) is 25.7 Å². The monoisotopic (exact) mass is 358 g/mol. The smallest absolute Gasteiger partial charge is 0.331 e. The first kappa shape index (κ1) is 23.9. The first-order valence-corrected chi connectivity index (χ1v) is 10.1. The van der Waals surface area contributed by atoms with Crippen molar-refractivity contribution in [3.05, 3.63) is 0 Å². The van der Waals surface area contributed by atoms with E-state index in [1.54, 1.807) is 0 Å². The third-order valence-electron chi connectivity index (χ3n) is 4.43. The summed E-state index contributed by atoms with van der Waals surface area (Å²) < 4.78 is 4.81. The van der Waals surface area contributed by atoms with E-state index in [9.17, 15) is 9.59 Å². The van der Waals surface area contributed by atoms with Gasteiger partial charge in [0.25, 0.3) is 0 Å². The summed E-state index contributed by atoms with van der Waals surface area (Å²) >= 11 is 0. The van der Waals surface area contributed by atoms with Crippen molar-refractivity contribution in [2.75, 3.05) is 13.2 Å². The van der Waals surface area contributed by atoms with E-state index in [1.165, 1.54) is 70.6 Å². The molecular weight excluding hydrogens is 320 g/mol. The van der Waals surface area contributed by atoms with Crippen molar-refractivity contribution in [2.45, 2.75) is 103 Å². The molecule has 0 radical (unpaired) electrons. The predicted octanol–water partition coefficient (Wildman–Crippen LogP) is 4.85. The van der Waals surface area contributed by atoms with Crippen molar-refractivity contribution in [1.29, 1.82) is 0 Å². The van der Waals surface area contributed by atoms with Gasteiger partial charge in [0.2, 0.25) is 0 Å². The number of carbonyl (C=O) groups is 2. The van der Waals surface area contributed by atoms with Gasteiger partial charge in [-0.05, 0) is 12.8 Å². The average molecular weight is 359 g/mol. The highest BCUT2D eigenvalue weighted by Gasteiger charge is 1.99. The second kappa shape index (κ2) is 19.2. The standard InChI is InChI=1S/C20H38O5/c21-18-20(24)25-17-15-13-11-9-7-5-3-1-2-4-6-8-10-12-14-16-19(22)23/h21H,1-18H2,(H,22,23). The van der Waals surface area contributed by atoms with Gasteiger partial charge in [-0.1, -0.05) is 83.5 Å². The average Bonchev–Trinajstić information content (AvgIpc) is 2.60. The fourth-order valence-corrected chi connectivity index (χ4v) is 2.91. The molecule has 0 atom stereocenters. The van der Waals surface area contributed by atoms with Crippen molar-refractivity contribution in [3.63, 3.8) is 0 Å². The number of aliphatic hydroxyl groups excluding tert-OH is 1. The Bertz CT molecular complexity index is 317. The largest absolute Gasteiger partial charge is 0.481 e. The van der Waals surface area contributed by atoms with Gasteiger partial charge in [-0.3, -0.25) is 4.79 Å². The van der Waals surface area contributed by atoms with Crippen LogP contribution >= 0.6 is 0 Å². The fourth-order valence-electron chi connectivity index (χ4n) is 2.91. The van der Waals surface area contributed by atoms with Gasteiger partial charge in [0, 0.05) is 6.42 Å². The van der Waals surface area contributed by atoms with Gasteiger partial charge in [0.05, 0.1) is 6.61 Å². The Morgan fingerprint density at radius 1 is 0.600 bits per heavy atom. The van der Waals surface area contributed by atoms with E-state index in [2.05, 4.69) is 0 Å². The molecule has 0 aliphatic carbocycles. The molecule has 0 aliphatic rings. The first-order valence-electron chi connectivity index (χ1n) is 10.1. The Labute approximate surface area is 153 Å². The number of rotatable bonds is 19. The lowest BCUT2D eigenvalue weighted by Gasteiger charge is -2.04. The zero-order valence-electron chi connectivity index (χ0n) is 15.8. The van der Waals surface area contributed by atoms with E-state index < -0.39 is 18.5 Å². The van der Waals surface area contributed by atoms with Gasteiger partial charge in [0.1, 0.15) is 6.61 Å². The Hall–Kier alpha value is -1.10. The molecule has 5 nitrogen and oxygen atoms in total. The van der Waals surface area contributed by atoms with Gasteiger partial charge < -0.3 is 14.9 Å². The number of carbonyl (C=O) groups excluding carboxylic acids is 1. The highest BCUT2D eigenvalue weighted by atomic mass is 16.5. The van der Waals surface area contributed by atoms with Crippen molar-refractivity contribution in [1.82, 2.24) is 0 Å². The quantitative estimate of drug-likeness (QED) is 0.255. The van der Waals surface area contributed by atoms with Crippen LogP contribution in [0.5, 0.6) is 0 Å².